The van der Waals surface area contributed by atoms with E-state index in [9.17, 15) is 5.11 Å². The molecule has 0 bridgehead atoms. The summed E-state index contributed by atoms with van der Waals surface area (Å²) < 4.78 is 0. The quantitative estimate of drug-likeness (QED) is 0.797. The van der Waals surface area contributed by atoms with Crippen LogP contribution in [0.2, 0.25) is 0 Å². The molecule has 1 aromatic rings. The molecule has 3 nitrogen and oxygen atoms in total. The van der Waals surface area contributed by atoms with E-state index < -0.39 is 6.10 Å². The van der Waals surface area contributed by atoms with Gasteiger partial charge in [-0.2, -0.15) is 0 Å². The molecule has 1 aliphatic carbocycles. The second-order valence-electron chi connectivity index (χ2n) is 4.03. The van der Waals surface area contributed by atoms with Crippen molar-refractivity contribution < 1.29 is 5.11 Å². The highest BCUT2D eigenvalue weighted by molar-refractivity contribution is 4.99. The molecule has 0 saturated heterocycles. The fourth-order valence-electron chi connectivity index (χ4n) is 2.17. The summed E-state index contributed by atoms with van der Waals surface area (Å²) in [5, 5.41) is 9.88. The molecule has 3 heteroatoms. The van der Waals surface area contributed by atoms with E-state index in [1.165, 1.54) is 25.7 Å². The molecule has 1 aromatic heterocycles. The van der Waals surface area contributed by atoms with Gasteiger partial charge in [0.1, 0.15) is 0 Å². The third kappa shape index (κ3) is 2.29. The topological polar surface area (TPSA) is 46.0 Å². The summed E-state index contributed by atoms with van der Waals surface area (Å²) in [6, 6.07) is 0. The van der Waals surface area contributed by atoms with Crippen molar-refractivity contribution in [2.24, 2.45) is 5.92 Å². The molecule has 14 heavy (non-hydrogen) atoms. The zero-order valence-electron chi connectivity index (χ0n) is 8.26. The summed E-state index contributed by atoms with van der Waals surface area (Å²) in [7, 11) is 0. The molecule has 76 valence electrons. The zero-order valence-corrected chi connectivity index (χ0v) is 8.26. The molecular weight excluding hydrogens is 176 g/mol. The van der Waals surface area contributed by atoms with Gasteiger partial charge in [0, 0.05) is 12.4 Å². The molecule has 1 fully saturated rings. The number of rotatable bonds is 3. The average Bonchev–Trinajstić information content (AvgIpc) is 2.72. The van der Waals surface area contributed by atoms with Gasteiger partial charge in [0.25, 0.3) is 0 Å². The summed E-state index contributed by atoms with van der Waals surface area (Å²) in [6.07, 6.45) is 10.5. The molecule has 1 N–H and O–H groups in total. The Hall–Kier alpha value is -0.960. The molecule has 1 heterocycles. The van der Waals surface area contributed by atoms with Crippen molar-refractivity contribution in [1.82, 2.24) is 9.97 Å². The molecule has 2 rings (SSSR count). The van der Waals surface area contributed by atoms with Crippen LogP contribution in [0.15, 0.2) is 18.6 Å². The molecule has 0 spiro atoms. The van der Waals surface area contributed by atoms with Crippen molar-refractivity contribution in [2.45, 2.75) is 38.2 Å². The molecule has 0 amide bonds. The first-order valence-corrected chi connectivity index (χ1v) is 5.30. The van der Waals surface area contributed by atoms with E-state index in [2.05, 4.69) is 9.97 Å². The predicted octanol–water partition coefficient (Wildman–Crippen LogP) is 2.09. The third-order valence-electron chi connectivity index (χ3n) is 2.96. The monoisotopic (exact) mass is 192 g/mol. The Labute approximate surface area is 84.2 Å². The number of aliphatic hydroxyl groups is 1. The lowest BCUT2D eigenvalue weighted by Gasteiger charge is -2.13. The number of aromatic nitrogens is 2. The molecule has 0 radical (unpaired) electrons. The highest BCUT2D eigenvalue weighted by Crippen LogP contribution is 2.32. The van der Waals surface area contributed by atoms with E-state index in [0.717, 1.165) is 6.42 Å². The number of hydrogen-bond acceptors (Lipinski definition) is 3. The summed E-state index contributed by atoms with van der Waals surface area (Å²) >= 11 is 0. The van der Waals surface area contributed by atoms with Crippen molar-refractivity contribution in [2.75, 3.05) is 0 Å². The fourth-order valence-corrected chi connectivity index (χ4v) is 2.17. The molecule has 0 aliphatic heterocycles. The lowest BCUT2D eigenvalue weighted by molar-refractivity contribution is 0.140. The largest absolute Gasteiger partial charge is 0.387 e. The van der Waals surface area contributed by atoms with Gasteiger partial charge in [0.15, 0.2) is 0 Å². The van der Waals surface area contributed by atoms with E-state index >= 15 is 0 Å². The molecule has 1 unspecified atom stereocenters. The summed E-state index contributed by atoms with van der Waals surface area (Å²) in [5.41, 5.74) is 0.708. The maximum atomic E-state index is 9.88. The number of hydrogen-bond donors (Lipinski definition) is 1. The Morgan fingerprint density at radius 2 is 2.14 bits per heavy atom. The zero-order chi connectivity index (χ0) is 9.80. The molecular formula is C11H16N2O. The maximum Gasteiger partial charge on any atom is 0.0978 e. The van der Waals surface area contributed by atoms with Gasteiger partial charge in [-0.3, -0.25) is 9.97 Å². The van der Waals surface area contributed by atoms with Gasteiger partial charge in [0.2, 0.25) is 0 Å². The Morgan fingerprint density at radius 3 is 2.79 bits per heavy atom. The lowest BCUT2D eigenvalue weighted by Crippen LogP contribution is -2.06. The van der Waals surface area contributed by atoms with Crippen LogP contribution < -0.4 is 0 Å². The van der Waals surface area contributed by atoms with Gasteiger partial charge in [-0.25, -0.2) is 0 Å². The van der Waals surface area contributed by atoms with E-state index in [0.29, 0.717) is 11.6 Å². The van der Waals surface area contributed by atoms with E-state index in [1.807, 2.05) is 0 Å². The first-order chi connectivity index (χ1) is 6.86. The Bertz CT molecular complexity index is 270. The maximum absolute atomic E-state index is 9.88. The van der Waals surface area contributed by atoms with Gasteiger partial charge in [-0.1, -0.05) is 25.7 Å². The van der Waals surface area contributed by atoms with Crippen molar-refractivity contribution in [3.63, 3.8) is 0 Å². The fraction of sp³-hybridized carbons (Fsp3) is 0.636. The van der Waals surface area contributed by atoms with Crippen molar-refractivity contribution in [3.8, 4) is 0 Å². The molecule has 1 saturated carbocycles. The SMILES string of the molecule is OC(CC1CCCC1)c1cnccn1. The minimum Gasteiger partial charge on any atom is -0.387 e. The van der Waals surface area contributed by atoms with Crippen LogP contribution in [0.5, 0.6) is 0 Å². The van der Waals surface area contributed by atoms with E-state index in [4.69, 9.17) is 0 Å². The van der Waals surface area contributed by atoms with Crippen molar-refractivity contribution in [3.05, 3.63) is 24.3 Å². The van der Waals surface area contributed by atoms with Crippen LogP contribution in [0.1, 0.15) is 43.9 Å². The molecule has 1 aliphatic rings. The van der Waals surface area contributed by atoms with Gasteiger partial charge in [-0.05, 0) is 12.3 Å². The average molecular weight is 192 g/mol. The minimum atomic E-state index is -0.424. The van der Waals surface area contributed by atoms with Crippen LogP contribution in [-0.4, -0.2) is 15.1 Å². The van der Waals surface area contributed by atoms with Gasteiger partial charge in [0.05, 0.1) is 18.0 Å². The highest BCUT2D eigenvalue weighted by Gasteiger charge is 2.20. The van der Waals surface area contributed by atoms with Gasteiger partial charge >= 0.3 is 0 Å². The molecule has 0 aromatic carbocycles. The summed E-state index contributed by atoms with van der Waals surface area (Å²) in [6.45, 7) is 0. The lowest BCUT2D eigenvalue weighted by atomic mass is 9.99. The first-order valence-electron chi connectivity index (χ1n) is 5.30. The predicted molar refractivity (Wildman–Crippen MR) is 53.6 cm³/mol. The Balaban J connectivity index is 1.92. The summed E-state index contributed by atoms with van der Waals surface area (Å²) in [5.74, 6) is 0.687. The second-order valence-corrected chi connectivity index (χ2v) is 4.03. The highest BCUT2D eigenvalue weighted by atomic mass is 16.3. The number of nitrogens with zero attached hydrogens (tertiary/aromatic N) is 2. The molecule has 1 atom stereocenters. The van der Waals surface area contributed by atoms with E-state index in [-0.39, 0.29) is 0 Å². The normalized spacial score (nSPS) is 19.8. The standard InChI is InChI=1S/C11H16N2O/c14-11(7-9-3-1-2-4-9)10-8-12-5-6-13-10/h5-6,8-9,11,14H,1-4,7H2. The van der Waals surface area contributed by atoms with Crippen LogP contribution in [-0.2, 0) is 0 Å². The van der Waals surface area contributed by atoms with Crippen LogP contribution in [0.3, 0.4) is 0 Å². The summed E-state index contributed by atoms with van der Waals surface area (Å²) in [4.78, 5) is 8.07. The third-order valence-corrected chi connectivity index (χ3v) is 2.96. The smallest absolute Gasteiger partial charge is 0.0978 e. The minimum absolute atomic E-state index is 0.424. The van der Waals surface area contributed by atoms with Crippen LogP contribution in [0.25, 0.3) is 0 Å². The Kier molecular flexibility index (Phi) is 3.09. The van der Waals surface area contributed by atoms with Crippen molar-refractivity contribution >= 4 is 0 Å². The van der Waals surface area contributed by atoms with Crippen molar-refractivity contribution in [1.29, 1.82) is 0 Å². The second kappa shape index (κ2) is 4.51. The van der Waals surface area contributed by atoms with Gasteiger partial charge in [-0.15, -0.1) is 0 Å². The van der Waals surface area contributed by atoms with Crippen LogP contribution in [0.4, 0.5) is 0 Å². The van der Waals surface area contributed by atoms with Crippen LogP contribution >= 0.6 is 0 Å². The first kappa shape index (κ1) is 9.59. The van der Waals surface area contributed by atoms with E-state index in [1.54, 1.807) is 18.6 Å². The number of aliphatic hydroxyl groups excluding tert-OH is 1. The Morgan fingerprint density at radius 1 is 1.36 bits per heavy atom. The van der Waals surface area contributed by atoms with Gasteiger partial charge < -0.3 is 5.11 Å². The van der Waals surface area contributed by atoms with Crippen LogP contribution in [0, 0.1) is 5.92 Å².